The highest BCUT2D eigenvalue weighted by Crippen LogP contribution is 2.21. The molecule has 0 atom stereocenters. The molecule has 4 nitrogen and oxygen atoms in total. The number of carbonyl (C=O) groups excluding carboxylic acids is 1. The molecule has 4 heteroatoms. The van der Waals surface area contributed by atoms with E-state index in [1.807, 2.05) is 19.9 Å². The van der Waals surface area contributed by atoms with Crippen molar-refractivity contribution in [2.45, 2.75) is 19.3 Å². The van der Waals surface area contributed by atoms with E-state index >= 15 is 0 Å². The molecule has 1 aromatic heterocycles. The van der Waals surface area contributed by atoms with Crippen LogP contribution in [0.5, 0.6) is 0 Å². The largest absolute Gasteiger partial charge is 0.340 e. The molecule has 0 amide bonds. The van der Waals surface area contributed by atoms with Crippen LogP contribution in [-0.2, 0) is 10.2 Å². The minimum absolute atomic E-state index is 0.0858. The summed E-state index contributed by atoms with van der Waals surface area (Å²) in [4.78, 5) is 14.7. The summed E-state index contributed by atoms with van der Waals surface area (Å²) in [6.45, 7) is 5.01. The highest BCUT2D eigenvalue weighted by atomic mass is 16.7. The molecule has 1 heterocycles. The number of carbonyl (C=O) groups is 1. The van der Waals surface area contributed by atoms with Gasteiger partial charge in [-0.2, -0.15) is 4.73 Å². The van der Waals surface area contributed by atoms with Gasteiger partial charge < -0.3 is 10.6 Å². The summed E-state index contributed by atoms with van der Waals surface area (Å²) in [5.41, 5.74) is 6.57. The van der Waals surface area contributed by atoms with Crippen molar-refractivity contribution in [3.8, 4) is 0 Å². The zero-order chi connectivity index (χ0) is 9.90. The Hall–Kier alpha value is -1.29. The van der Waals surface area contributed by atoms with Crippen molar-refractivity contribution < 1.29 is 9.63 Å². The standard InChI is InChI=1S/C9H14N2O2/c1-9(2,6-10)8-3-4-11(5-8)13-7-12/h3-5,7H,6,10H2,1-2H3. The van der Waals surface area contributed by atoms with Crippen LogP contribution in [0.25, 0.3) is 0 Å². The molecule has 72 valence electrons. The van der Waals surface area contributed by atoms with Gasteiger partial charge in [-0.05, 0) is 11.6 Å². The van der Waals surface area contributed by atoms with E-state index < -0.39 is 0 Å². The Morgan fingerprint density at radius 1 is 1.69 bits per heavy atom. The predicted molar refractivity (Wildman–Crippen MR) is 49.2 cm³/mol. The summed E-state index contributed by atoms with van der Waals surface area (Å²) in [6, 6.07) is 1.89. The van der Waals surface area contributed by atoms with Gasteiger partial charge in [-0.1, -0.05) is 13.8 Å². The van der Waals surface area contributed by atoms with Crippen molar-refractivity contribution in [1.29, 1.82) is 0 Å². The molecular formula is C9H14N2O2. The van der Waals surface area contributed by atoms with Crippen LogP contribution in [0.3, 0.4) is 0 Å². The van der Waals surface area contributed by atoms with Crippen LogP contribution in [0.15, 0.2) is 18.5 Å². The zero-order valence-corrected chi connectivity index (χ0v) is 7.86. The molecule has 0 fully saturated rings. The number of nitrogens with two attached hydrogens (primary N) is 1. The van der Waals surface area contributed by atoms with Crippen molar-refractivity contribution in [3.05, 3.63) is 24.0 Å². The summed E-state index contributed by atoms with van der Waals surface area (Å²) >= 11 is 0. The summed E-state index contributed by atoms with van der Waals surface area (Å²) in [5, 5.41) is 0. The summed E-state index contributed by atoms with van der Waals surface area (Å²) < 4.78 is 1.36. The van der Waals surface area contributed by atoms with Crippen LogP contribution in [0.2, 0.25) is 0 Å². The van der Waals surface area contributed by atoms with Crippen molar-refractivity contribution in [3.63, 3.8) is 0 Å². The second-order valence-corrected chi connectivity index (χ2v) is 3.55. The third-order valence-electron chi connectivity index (χ3n) is 2.12. The van der Waals surface area contributed by atoms with Gasteiger partial charge in [0.2, 0.25) is 0 Å². The van der Waals surface area contributed by atoms with E-state index in [2.05, 4.69) is 4.84 Å². The first kappa shape index (κ1) is 9.80. The molecule has 0 radical (unpaired) electrons. The molecule has 0 aliphatic heterocycles. The average Bonchev–Trinajstić information content (AvgIpc) is 2.54. The van der Waals surface area contributed by atoms with Gasteiger partial charge >= 0.3 is 6.47 Å². The SMILES string of the molecule is CC(C)(CN)c1ccn(OC=O)c1. The van der Waals surface area contributed by atoms with Crippen LogP contribution in [0.4, 0.5) is 0 Å². The third-order valence-corrected chi connectivity index (χ3v) is 2.12. The van der Waals surface area contributed by atoms with Gasteiger partial charge in [0.1, 0.15) is 0 Å². The lowest BCUT2D eigenvalue weighted by molar-refractivity contribution is -0.129. The zero-order valence-electron chi connectivity index (χ0n) is 7.86. The molecule has 13 heavy (non-hydrogen) atoms. The van der Waals surface area contributed by atoms with E-state index in [0.717, 1.165) is 5.56 Å². The summed E-state index contributed by atoms with van der Waals surface area (Å²) in [5.74, 6) is 0. The van der Waals surface area contributed by atoms with E-state index in [0.29, 0.717) is 13.0 Å². The number of hydrogen-bond donors (Lipinski definition) is 1. The molecule has 1 rings (SSSR count). The van der Waals surface area contributed by atoms with Gasteiger partial charge in [-0.3, -0.25) is 4.79 Å². The van der Waals surface area contributed by atoms with Crippen molar-refractivity contribution in [2.24, 2.45) is 5.73 Å². The Bertz CT molecular complexity index is 292. The van der Waals surface area contributed by atoms with Crippen molar-refractivity contribution in [1.82, 2.24) is 4.73 Å². The van der Waals surface area contributed by atoms with Gasteiger partial charge in [-0.25, -0.2) is 0 Å². The van der Waals surface area contributed by atoms with Gasteiger partial charge in [0, 0.05) is 24.4 Å². The fourth-order valence-corrected chi connectivity index (χ4v) is 1.01. The minimum atomic E-state index is -0.0858. The van der Waals surface area contributed by atoms with Crippen LogP contribution in [0.1, 0.15) is 19.4 Å². The Labute approximate surface area is 77.2 Å². The minimum Gasteiger partial charge on any atom is -0.340 e. The van der Waals surface area contributed by atoms with E-state index in [1.165, 1.54) is 4.73 Å². The van der Waals surface area contributed by atoms with Crippen LogP contribution in [0, 0.1) is 0 Å². The Morgan fingerprint density at radius 3 is 2.92 bits per heavy atom. The fourth-order valence-electron chi connectivity index (χ4n) is 1.01. The van der Waals surface area contributed by atoms with Crippen molar-refractivity contribution >= 4 is 6.47 Å². The van der Waals surface area contributed by atoms with Crippen LogP contribution in [-0.4, -0.2) is 17.7 Å². The van der Waals surface area contributed by atoms with Crippen LogP contribution >= 0.6 is 0 Å². The molecular weight excluding hydrogens is 168 g/mol. The third kappa shape index (κ3) is 2.09. The molecule has 0 aliphatic rings. The number of rotatable bonds is 4. The molecule has 0 bridgehead atoms. The highest BCUT2D eigenvalue weighted by molar-refractivity contribution is 5.37. The Morgan fingerprint density at radius 2 is 2.38 bits per heavy atom. The monoisotopic (exact) mass is 182 g/mol. The normalized spacial score (nSPS) is 11.3. The lowest BCUT2D eigenvalue weighted by Crippen LogP contribution is -2.27. The predicted octanol–water partition coefficient (Wildman–Crippen LogP) is 0.309. The molecule has 0 aromatic carbocycles. The lowest BCUT2D eigenvalue weighted by Gasteiger charge is -2.20. The first-order valence-electron chi connectivity index (χ1n) is 4.09. The Balaban J connectivity index is 2.84. The van der Waals surface area contributed by atoms with Gasteiger partial charge in [0.25, 0.3) is 0 Å². The summed E-state index contributed by atoms with van der Waals surface area (Å²) in [6.07, 6.45) is 3.43. The van der Waals surface area contributed by atoms with E-state index in [-0.39, 0.29) is 5.41 Å². The fraction of sp³-hybridized carbons (Fsp3) is 0.444. The molecule has 0 saturated carbocycles. The second-order valence-electron chi connectivity index (χ2n) is 3.55. The quantitative estimate of drug-likeness (QED) is 0.682. The highest BCUT2D eigenvalue weighted by Gasteiger charge is 2.19. The topological polar surface area (TPSA) is 57.2 Å². The molecule has 0 saturated heterocycles. The molecule has 2 N–H and O–H groups in total. The van der Waals surface area contributed by atoms with E-state index in [1.54, 1.807) is 12.4 Å². The van der Waals surface area contributed by atoms with Gasteiger partial charge in [-0.15, -0.1) is 0 Å². The summed E-state index contributed by atoms with van der Waals surface area (Å²) in [7, 11) is 0. The molecule has 0 aliphatic carbocycles. The maximum atomic E-state index is 10.0. The number of nitrogens with zero attached hydrogens (tertiary/aromatic N) is 1. The lowest BCUT2D eigenvalue weighted by atomic mass is 9.87. The maximum Gasteiger partial charge on any atom is 0.321 e. The smallest absolute Gasteiger partial charge is 0.321 e. The number of hydrogen-bond acceptors (Lipinski definition) is 3. The van der Waals surface area contributed by atoms with Gasteiger partial charge in [0.15, 0.2) is 0 Å². The van der Waals surface area contributed by atoms with Crippen molar-refractivity contribution in [2.75, 3.05) is 6.54 Å². The second kappa shape index (κ2) is 3.62. The molecule has 1 aromatic rings. The van der Waals surface area contributed by atoms with E-state index in [4.69, 9.17) is 5.73 Å². The van der Waals surface area contributed by atoms with Gasteiger partial charge in [0.05, 0.1) is 0 Å². The molecule has 0 unspecified atom stereocenters. The maximum absolute atomic E-state index is 10.0. The first-order chi connectivity index (χ1) is 6.10. The van der Waals surface area contributed by atoms with Crippen LogP contribution < -0.4 is 10.6 Å². The number of aromatic nitrogens is 1. The first-order valence-corrected chi connectivity index (χ1v) is 4.09. The Kier molecular flexibility index (Phi) is 2.72. The molecule has 0 spiro atoms. The van der Waals surface area contributed by atoms with E-state index in [9.17, 15) is 4.79 Å². The average molecular weight is 182 g/mol.